The molecular formula is C17H18ClN3O3S. The van der Waals surface area contributed by atoms with Crippen LogP contribution < -0.4 is 0 Å². The lowest BCUT2D eigenvalue weighted by Gasteiger charge is -2.33. The Kier molecular flexibility index (Phi) is 5.46. The maximum atomic E-state index is 12.5. The molecule has 2 aliphatic rings. The number of halogens is 1. The average Bonchev–Trinajstić information content (AvgIpc) is 2.85. The number of carbonyl (C=O) groups is 3. The van der Waals surface area contributed by atoms with Crippen LogP contribution in [0.15, 0.2) is 29.2 Å². The Morgan fingerprint density at radius 2 is 1.80 bits per heavy atom. The Balaban J connectivity index is 1.67. The number of nitrogens with zero attached hydrogens (tertiary/aromatic N) is 3. The molecule has 0 bridgehead atoms. The van der Waals surface area contributed by atoms with Crippen molar-refractivity contribution in [3.63, 3.8) is 0 Å². The van der Waals surface area contributed by atoms with Crippen molar-refractivity contribution in [2.45, 2.75) is 0 Å². The molecule has 25 heavy (non-hydrogen) atoms. The Labute approximate surface area is 155 Å². The van der Waals surface area contributed by atoms with Gasteiger partial charge in [-0.25, -0.2) is 0 Å². The van der Waals surface area contributed by atoms with Crippen molar-refractivity contribution in [1.82, 2.24) is 14.7 Å². The first-order chi connectivity index (χ1) is 11.9. The Morgan fingerprint density at radius 3 is 2.44 bits per heavy atom. The smallest absolute Gasteiger partial charge is 0.294 e. The Morgan fingerprint density at radius 1 is 1.16 bits per heavy atom. The predicted molar refractivity (Wildman–Crippen MR) is 98.2 cm³/mol. The van der Waals surface area contributed by atoms with Gasteiger partial charge in [-0.15, -0.1) is 0 Å². The molecule has 0 aromatic heterocycles. The predicted octanol–water partition coefficient (Wildman–Crippen LogP) is 2.15. The summed E-state index contributed by atoms with van der Waals surface area (Å²) in [5.41, 5.74) is 0.778. The number of thioether (sulfide) groups is 1. The normalized spacial score (nSPS) is 20.6. The fourth-order valence-corrected chi connectivity index (χ4v) is 3.60. The second-order valence-electron chi connectivity index (χ2n) is 6.00. The van der Waals surface area contributed by atoms with Gasteiger partial charge >= 0.3 is 0 Å². The van der Waals surface area contributed by atoms with Crippen LogP contribution in [0, 0.1) is 0 Å². The third kappa shape index (κ3) is 4.23. The summed E-state index contributed by atoms with van der Waals surface area (Å²) >= 11 is 6.70. The van der Waals surface area contributed by atoms with E-state index in [-0.39, 0.29) is 12.5 Å². The van der Waals surface area contributed by atoms with E-state index in [2.05, 4.69) is 4.90 Å². The van der Waals surface area contributed by atoms with Gasteiger partial charge in [0.05, 0.1) is 4.91 Å². The van der Waals surface area contributed by atoms with Crippen LogP contribution in [0.4, 0.5) is 4.79 Å². The lowest BCUT2D eigenvalue weighted by Crippen LogP contribution is -2.50. The third-order valence-electron chi connectivity index (χ3n) is 4.19. The summed E-state index contributed by atoms with van der Waals surface area (Å²) in [5.74, 6) is -0.615. The fraction of sp³-hybridized carbons (Fsp3) is 0.353. The van der Waals surface area contributed by atoms with Crippen LogP contribution >= 0.6 is 23.4 Å². The molecule has 8 heteroatoms. The Bertz CT molecular complexity index is 727. The van der Waals surface area contributed by atoms with Gasteiger partial charge in [0, 0.05) is 31.2 Å². The highest BCUT2D eigenvalue weighted by molar-refractivity contribution is 8.18. The van der Waals surface area contributed by atoms with E-state index < -0.39 is 11.1 Å². The number of likely N-dealkylation sites (N-methyl/N-ethyl adjacent to an activating group) is 1. The monoisotopic (exact) mass is 379 g/mol. The molecule has 0 unspecified atom stereocenters. The molecule has 1 aromatic carbocycles. The maximum absolute atomic E-state index is 12.5. The topological polar surface area (TPSA) is 60.9 Å². The van der Waals surface area contributed by atoms with Gasteiger partial charge in [-0.3, -0.25) is 19.3 Å². The summed E-state index contributed by atoms with van der Waals surface area (Å²) in [6, 6.07) is 6.97. The summed E-state index contributed by atoms with van der Waals surface area (Å²) in [5, 5.41) is 0.190. The molecular weight excluding hydrogens is 362 g/mol. The first-order valence-corrected chi connectivity index (χ1v) is 9.11. The highest BCUT2D eigenvalue weighted by atomic mass is 35.5. The molecule has 6 nitrogen and oxygen atoms in total. The minimum atomic E-state index is -0.424. The number of imide groups is 1. The molecule has 0 saturated carbocycles. The quantitative estimate of drug-likeness (QED) is 0.753. The molecule has 2 heterocycles. The zero-order valence-corrected chi connectivity index (χ0v) is 15.3. The van der Waals surface area contributed by atoms with E-state index >= 15 is 0 Å². The molecule has 1 aromatic rings. The van der Waals surface area contributed by atoms with Crippen LogP contribution in [0.5, 0.6) is 0 Å². The molecule has 2 aliphatic heterocycles. The Hall–Kier alpha value is -1.83. The molecule has 2 saturated heterocycles. The van der Waals surface area contributed by atoms with E-state index in [9.17, 15) is 14.4 Å². The summed E-state index contributed by atoms with van der Waals surface area (Å²) in [7, 11) is 2.00. The second-order valence-corrected chi connectivity index (χ2v) is 7.43. The molecule has 0 atom stereocenters. The lowest BCUT2D eigenvalue weighted by molar-refractivity contribution is -0.137. The fourth-order valence-electron chi connectivity index (χ4n) is 2.64. The number of hydrogen-bond donors (Lipinski definition) is 0. The molecule has 0 aliphatic carbocycles. The number of carbonyl (C=O) groups excluding carboxylic acids is 3. The first kappa shape index (κ1) is 18.0. The van der Waals surface area contributed by atoms with Crippen LogP contribution in [-0.4, -0.2) is 71.5 Å². The van der Waals surface area contributed by atoms with Crippen LogP contribution in [-0.2, 0) is 9.59 Å². The van der Waals surface area contributed by atoms with Crippen LogP contribution in [0.2, 0.25) is 5.02 Å². The van der Waals surface area contributed by atoms with E-state index in [1.807, 2.05) is 7.05 Å². The standard InChI is InChI=1S/C17H18ClN3O3S/c1-19-6-8-20(9-7-19)15(22)11-21-16(23)14(25-17(21)24)10-12-2-4-13(18)5-3-12/h2-5,10H,6-9,11H2,1H3/b14-10+. The van der Waals surface area contributed by atoms with E-state index in [1.165, 1.54) is 0 Å². The van der Waals surface area contributed by atoms with Crippen LogP contribution in [0.1, 0.15) is 5.56 Å². The summed E-state index contributed by atoms with van der Waals surface area (Å²) in [6.45, 7) is 2.62. The molecule has 132 valence electrons. The maximum Gasteiger partial charge on any atom is 0.294 e. The van der Waals surface area contributed by atoms with Crippen LogP contribution in [0.25, 0.3) is 6.08 Å². The van der Waals surface area contributed by atoms with Crippen LogP contribution in [0.3, 0.4) is 0 Å². The molecule has 3 amide bonds. The van der Waals surface area contributed by atoms with Gasteiger partial charge in [0.25, 0.3) is 11.1 Å². The SMILES string of the molecule is CN1CCN(C(=O)CN2C(=O)S/C(=C/c3ccc(Cl)cc3)C2=O)CC1. The van der Waals surface area contributed by atoms with Gasteiger partial charge in [0.1, 0.15) is 6.54 Å². The van der Waals surface area contributed by atoms with Gasteiger partial charge in [-0.05, 0) is 42.6 Å². The van der Waals surface area contributed by atoms with Crippen molar-refractivity contribution < 1.29 is 14.4 Å². The van der Waals surface area contributed by atoms with E-state index in [1.54, 1.807) is 35.2 Å². The summed E-state index contributed by atoms with van der Waals surface area (Å²) in [4.78, 5) is 42.2. The molecule has 0 N–H and O–H groups in total. The number of hydrogen-bond acceptors (Lipinski definition) is 5. The first-order valence-electron chi connectivity index (χ1n) is 7.91. The van der Waals surface area contributed by atoms with E-state index in [0.29, 0.717) is 23.0 Å². The van der Waals surface area contributed by atoms with E-state index in [0.717, 1.165) is 35.3 Å². The summed E-state index contributed by atoms with van der Waals surface area (Å²) < 4.78 is 0. The van der Waals surface area contributed by atoms with Crippen molar-refractivity contribution >= 4 is 46.5 Å². The lowest BCUT2D eigenvalue weighted by atomic mass is 10.2. The van der Waals surface area contributed by atoms with E-state index in [4.69, 9.17) is 11.6 Å². The average molecular weight is 380 g/mol. The zero-order valence-electron chi connectivity index (χ0n) is 13.8. The highest BCUT2D eigenvalue weighted by Gasteiger charge is 2.37. The van der Waals surface area contributed by atoms with Gasteiger partial charge in [-0.1, -0.05) is 23.7 Å². The molecule has 0 spiro atoms. The molecule has 2 fully saturated rings. The second kappa shape index (κ2) is 7.59. The molecule has 3 rings (SSSR count). The van der Waals surface area contributed by atoms with Crippen molar-refractivity contribution in [2.24, 2.45) is 0 Å². The van der Waals surface area contributed by atoms with Gasteiger partial charge in [0.15, 0.2) is 0 Å². The minimum absolute atomic E-state index is 0.192. The van der Waals surface area contributed by atoms with Gasteiger partial charge in [0.2, 0.25) is 5.91 Å². The van der Waals surface area contributed by atoms with Crippen molar-refractivity contribution in [3.05, 3.63) is 39.8 Å². The van der Waals surface area contributed by atoms with Crippen molar-refractivity contribution in [1.29, 1.82) is 0 Å². The van der Waals surface area contributed by atoms with Crippen molar-refractivity contribution in [2.75, 3.05) is 39.8 Å². The number of rotatable bonds is 3. The largest absolute Gasteiger partial charge is 0.339 e. The zero-order chi connectivity index (χ0) is 18.0. The van der Waals surface area contributed by atoms with Crippen molar-refractivity contribution in [3.8, 4) is 0 Å². The third-order valence-corrected chi connectivity index (χ3v) is 5.35. The number of piperazine rings is 1. The minimum Gasteiger partial charge on any atom is -0.339 e. The molecule has 0 radical (unpaired) electrons. The number of amides is 3. The summed E-state index contributed by atoms with van der Waals surface area (Å²) in [6.07, 6.45) is 1.64. The number of benzene rings is 1. The van der Waals surface area contributed by atoms with Gasteiger partial charge < -0.3 is 9.80 Å². The highest BCUT2D eigenvalue weighted by Crippen LogP contribution is 2.32. The van der Waals surface area contributed by atoms with Gasteiger partial charge in [-0.2, -0.15) is 0 Å².